The van der Waals surface area contributed by atoms with Gasteiger partial charge in [0.05, 0.1) is 12.7 Å². The average Bonchev–Trinajstić information content (AvgIpc) is 3.16. The standard InChI is InChI=1S/C32H52O3/c1-20(2)22-11-16-32(19-35-21(3)33)18-17-30(7)23(27(22)32)9-10-25-29(6)14-13-26(34)28(4,5)24(29)12-15-31(25,30)8/h22-27,34H,1,9-19H2,2-8H3/t22-,23-,24-,25-,26-,27-,29-,30+,31+,32+/m0/s1. The number of aliphatic hydroxyl groups excluding tert-OH is 1. The topological polar surface area (TPSA) is 46.5 Å². The number of allylic oxidation sites excluding steroid dienone is 1. The molecule has 0 aromatic rings. The summed E-state index contributed by atoms with van der Waals surface area (Å²) in [4.78, 5) is 11.9. The van der Waals surface area contributed by atoms with Crippen molar-refractivity contribution in [1.82, 2.24) is 0 Å². The maximum Gasteiger partial charge on any atom is 0.302 e. The highest BCUT2D eigenvalue weighted by Crippen LogP contribution is 2.77. The fourth-order valence-electron chi connectivity index (χ4n) is 11.8. The zero-order valence-corrected chi connectivity index (χ0v) is 23.7. The van der Waals surface area contributed by atoms with Gasteiger partial charge in [0.2, 0.25) is 0 Å². The Morgan fingerprint density at radius 1 is 0.857 bits per heavy atom. The number of fused-ring (bicyclic) bond motifs is 7. The van der Waals surface area contributed by atoms with E-state index in [0.29, 0.717) is 46.5 Å². The van der Waals surface area contributed by atoms with Gasteiger partial charge in [-0.1, -0.05) is 46.8 Å². The Morgan fingerprint density at radius 2 is 1.57 bits per heavy atom. The fraction of sp³-hybridized carbons (Fsp3) is 0.906. The number of aliphatic hydroxyl groups is 1. The molecule has 0 radical (unpaired) electrons. The minimum atomic E-state index is -0.164. The van der Waals surface area contributed by atoms with Crippen LogP contribution in [0.5, 0.6) is 0 Å². The summed E-state index contributed by atoms with van der Waals surface area (Å²) in [5.41, 5.74) is 2.45. The summed E-state index contributed by atoms with van der Waals surface area (Å²) in [6.07, 6.45) is 12.0. The smallest absolute Gasteiger partial charge is 0.302 e. The molecular formula is C32H52O3. The maximum atomic E-state index is 11.9. The number of rotatable bonds is 3. The summed E-state index contributed by atoms with van der Waals surface area (Å²) in [5.74, 6) is 3.04. The highest BCUT2D eigenvalue weighted by molar-refractivity contribution is 5.65. The van der Waals surface area contributed by atoms with Gasteiger partial charge < -0.3 is 9.84 Å². The van der Waals surface area contributed by atoms with Crippen molar-refractivity contribution in [3.05, 3.63) is 12.2 Å². The molecule has 10 atom stereocenters. The third-order valence-electron chi connectivity index (χ3n) is 13.8. The van der Waals surface area contributed by atoms with Gasteiger partial charge in [-0.15, -0.1) is 0 Å². The first-order valence-electron chi connectivity index (χ1n) is 14.7. The predicted octanol–water partition coefficient (Wildman–Crippen LogP) is 7.57. The molecule has 5 saturated carbocycles. The van der Waals surface area contributed by atoms with E-state index in [2.05, 4.69) is 48.1 Å². The Bertz CT molecular complexity index is 891. The lowest BCUT2D eigenvalue weighted by Gasteiger charge is -2.73. The second kappa shape index (κ2) is 8.08. The average molecular weight is 485 g/mol. The first kappa shape index (κ1) is 25.8. The summed E-state index contributed by atoms with van der Waals surface area (Å²) in [7, 11) is 0. The van der Waals surface area contributed by atoms with Crippen LogP contribution in [0.4, 0.5) is 0 Å². The quantitative estimate of drug-likeness (QED) is 0.332. The van der Waals surface area contributed by atoms with E-state index in [4.69, 9.17) is 4.74 Å². The van der Waals surface area contributed by atoms with Crippen molar-refractivity contribution in [3.63, 3.8) is 0 Å². The van der Waals surface area contributed by atoms with Crippen molar-refractivity contribution in [2.45, 2.75) is 119 Å². The Kier molecular flexibility index (Phi) is 5.96. The molecule has 0 amide bonds. The van der Waals surface area contributed by atoms with Crippen LogP contribution in [0.2, 0.25) is 0 Å². The minimum Gasteiger partial charge on any atom is -0.465 e. The minimum absolute atomic E-state index is 0.00826. The molecule has 5 aliphatic carbocycles. The Morgan fingerprint density at radius 3 is 2.23 bits per heavy atom. The van der Waals surface area contributed by atoms with E-state index in [1.807, 2.05) is 0 Å². The van der Waals surface area contributed by atoms with Gasteiger partial charge in [0.15, 0.2) is 0 Å². The first-order valence-corrected chi connectivity index (χ1v) is 14.7. The molecular weight excluding hydrogens is 432 g/mol. The predicted molar refractivity (Wildman–Crippen MR) is 142 cm³/mol. The lowest BCUT2D eigenvalue weighted by molar-refractivity contribution is -0.249. The second-order valence-corrected chi connectivity index (χ2v) is 15.2. The number of carbonyl (C=O) groups excluding carboxylic acids is 1. The Balaban J connectivity index is 1.53. The molecule has 35 heavy (non-hydrogen) atoms. The fourth-order valence-corrected chi connectivity index (χ4v) is 11.8. The summed E-state index contributed by atoms with van der Waals surface area (Å²) in [6, 6.07) is 0. The van der Waals surface area contributed by atoms with Gasteiger partial charge in [0, 0.05) is 12.3 Å². The third-order valence-corrected chi connectivity index (χ3v) is 13.8. The van der Waals surface area contributed by atoms with Crippen LogP contribution in [-0.4, -0.2) is 23.8 Å². The van der Waals surface area contributed by atoms with E-state index < -0.39 is 0 Å². The van der Waals surface area contributed by atoms with Crippen LogP contribution < -0.4 is 0 Å². The Hall–Kier alpha value is -0.830. The SMILES string of the molecule is C=C(C)[C@@H]1CC[C@]2(COC(C)=O)CC[C@]3(C)[C@@H](CC[C@H]4[C@@]5(C)CC[C@H](O)C(C)(C)[C@@H]5CC[C@]43C)[C@H]12. The molecule has 5 rings (SSSR count). The van der Waals surface area contributed by atoms with Crippen LogP contribution in [0.3, 0.4) is 0 Å². The van der Waals surface area contributed by atoms with Crippen LogP contribution in [0, 0.1) is 56.7 Å². The van der Waals surface area contributed by atoms with E-state index >= 15 is 0 Å². The second-order valence-electron chi connectivity index (χ2n) is 15.2. The van der Waals surface area contributed by atoms with Gasteiger partial charge in [0.25, 0.3) is 0 Å². The Labute approximate surface area is 214 Å². The van der Waals surface area contributed by atoms with Crippen molar-refractivity contribution in [2.24, 2.45) is 56.7 Å². The van der Waals surface area contributed by atoms with Crippen molar-refractivity contribution in [2.75, 3.05) is 6.61 Å². The number of hydrogen-bond donors (Lipinski definition) is 1. The molecule has 5 aliphatic rings. The van der Waals surface area contributed by atoms with E-state index in [-0.39, 0.29) is 22.9 Å². The molecule has 0 saturated heterocycles. The molecule has 0 heterocycles. The maximum absolute atomic E-state index is 11.9. The van der Waals surface area contributed by atoms with Gasteiger partial charge in [-0.2, -0.15) is 0 Å². The molecule has 1 N–H and O–H groups in total. The first-order chi connectivity index (χ1) is 16.2. The van der Waals surface area contributed by atoms with Gasteiger partial charge in [-0.05, 0) is 122 Å². The van der Waals surface area contributed by atoms with Crippen molar-refractivity contribution in [1.29, 1.82) is 0 Å². The third kappa shape index (κ3) is 3.34. The summed E-state index contributed by atoms with van der Waals surface area (Å²) >= 11 is 0. The van der Waals surface area contributed by atoms with Gasteiger partial charge >= 0.3 is 5.97 Å². The number of hydrogen-bond acceptors (Lipinski definition) is 3. The molecule has 0 spiro atoms. The number of ether oxygens (including phenoxy) is 1. The van der Waals surface area contributed by atoms with Crippen LogP contribution in [0.25, 0.3) is 0 Å². The summed E-state index contributed by atoms with van der Waals surface area (Å²) in [5, 5.41) is 10.9. The monoisotopic (exact) mass is 484 g/mol. The van der Waals surface area contributed by atoms with Gasteiger partial charge in [-0.25, -0.2) is 0 Å². The molecule has 5 fully saturated rings. The molecule has 3 heteroatoms. The van der Waals surface area contributed by atoms with Crippen LogP contribution >= 0.6 is 0 Å². The lowest BCUT2D eigenvalue weighted by atomic mass is 9.32. The van der Waals surface area contributed by atoms with Crippen LogP contribution in [0.1, 0.15) is 113 Å². The summed E-state index contributed by atoms with van der Waals surface area (Å²) < 4.78 is 5.79. The lowest BCUT2D eigenvalue weighted by Crippen LogP contribution is -2.66. The molecule has 0 unspecified atom stereocenters. The number of carbonyl (C=O) groups is 1. The van der Waals surface area contributed by atoms with Crippen LogP contribution in [0.15, 0.2) is 12.2 Å². The van der Waals surface area contributed by atoms with Gasteiger partial charge in [-0.3, -0.25) is 4.79 Å². The number of esters is 1. The zero-order valence-electron chi connectivity index (χ0n) is 23.7. The highest BCUT2D eigenvalue weighted by Gasteiger charge is 2.70. The molecule has 198 valence electrons. The van der Waals surface area contributed by atoms with Crippen molar-refractivity contribution >= 4 is 5.97 Å². The van der Waals surface area contributed by atoms with Crippen molar-refractivity contribution < 1.29 is 14.6 Å². The van der Waals surface area contributed by atoms with E-state index in [9.17, 15) is 9.90 Å². The van der Waals surface area contributed by atoms with Crippen molar-refractivity contribution in [3.8, 4) is 0 Å². The normalized spacial score (nSPS) is 52.5. The zero-order chi connectivity index (χ0) is 25.6. The van der Waals surface area contributed by atoms with E-state index in [1.54, 1.807) is 6.92 Å². The molecule has 0 aromatic carbocycles. The van der Waals surface area contributed by atoms with Gasteiger partial charge in [0.1, 0.15) is 0 Å². The largest absolute Gasteiger partial charge is 0.465 e. The molecule has 0 aromatic heterocycles. The van der Waals surface area contributed by atoms with E-state index in [0.717, 1.165) is 12.3 Å². The van der Waals surface area contributed by atoms with E-state index in [1.165, 1.54) is 63.4 Å². The molecule has 0 aliphatic heterocycles. The molecule has 0 bridgehead atoms. The summed E-state index contributed by atoms with van der Waals surface area (Å²) in [6.45, 7) is 21.5. The molecule has 3 nitrogen and oxygen atoms in total. The van der Waals surface area contributed by atoms with Crippen LogP contribution in [-0.2, 0) is 9.53 Å². The highest BCUT2D eigenvalue weighted by atomic mass is 16.5.